The first-order chi connectivity index (χ1) is 11.3. The summed E-state index contributed by atoms with van der Waals surface area (Å²) in [6, 6.07) is 9.91. The number of hydrogen-bond acceptors (Lipinski definition) is 4. The molecule has 0 N–H and O–H groups in total. The first-order valence-electron chi connectivity index (χ1n) is 6.94. The molecule has 0 saturated heterocycles. The highest BCUT2D eigenvalue weighted by Gasteiger charge is 2.32. The Bertz CT molecular complexity index is 727. The van der Waals surface area contributed by atoms with Crippen LogP contribution < -0.4 is 9.64 Å². The Hall–Kier alpha value is -2.70. The quantitative estimate of drug-likeness (QED) is 0.780. The van der Waals surface area contributed by atoms with Gasteiger partial charge in [-0.2, -0.15) is 13.2 Å². The van der Waals surface area contributed by atoms with E-state index in [0.29, 0.717) is 11.4 Å². The molecule has 2 aromatic carbocycles. The van der Waals surface area contributed by atoms with Gasteiger partial charge >= 0.3 is 12.1 Å². The summed E-state index contributed by atoms with van der Waals surface area (Å²) in [6.45, 7) is 0. The zero-order valence-corrected chi connectivity index (χ0v) is 13.3. The minimum Gasteiger partial charge on any atom is -0.497 e. The van der Waals surface area contributed by atoms with Crippen molar-refractivity contribution in [1.29, 1.82) is 0 Å². The molecular formula is C17H16F3NO3. The van der Waals surface area contributed by atoms with Crippen molar-refractivity contribution in [3.8, 4) is 5.75 Å². The fourth-order valence-electron chi connectivity index (χ4n) is 2.16. The second-order valence-electron chi connectivity index (χ2n) is 5.01. The van der Waals surface area contributed by atoms with E-state index in [2.05, 4.69) is 4.74 Å². The molecule has 7 heteroatoms. The molecule has 0 heterocycles. The molecule has 0 fully saturated rings. The van der Waals surface area contributed by atoms with Crippen molar-refractivity contribution in [2.75, 3.05) is 26.2 Å². The summed E-state index contributed by atoms with van der Waals surface area (Å²) < 4.78 is 48.9. The van der Waals surface area contributed by atoms with E-state index in [1.807, 2.05) is 0 Å². The van der Waals surface area contributed by atoms with Gasteiger partial charge in [-0.3, -0.25) is 0 Å². The predicted octanol–water partition coefficient (Wildman–Crippen LogP) is 4.27. The lowest BCUT2D eigenvalue weighted by Crippen LogP contribution is -2.14. The van der Waals surface area contributed by atoms with Gasteiger partial charge in [-0.15, -0.1) is 0 Å². The Morgan fingerprint density at radius 2 is 1.62 bits per heavy atom. The third kappa shape index (κ3) is 3.79. The van der Waals surface area contributed by atoms with Gasteiger partial charge in [0, 0.05) is 18.4 Å². The number of methoxy groups -OCH3 is 2. The Labute approximate surface area is 137 Å². The van der Waals surface area contributed by atoms with E-state index in [1.54, 1.807) is 36.2 Å². The first kappa shape index (κ1) is 17.7. The number of halogens is 3. The molecule has 0 saturated carbocycles. The number of nitrogens with zero attached hydrogens (tertiary/aromatic N) is 1. The fraction of sp³-hybridized carbons (Fsp3) is 0.235. The van der Waals surface area contributed by atoms with Crippen molar-refractivity contribution in [3.05, 3.63) is 53.6 Å². The van der Waals surface area contributed by atoms with Gasteiger partial charge in [-0.25, -0.2) is 4.79 Å². The summed E-state index contributed by atoms with van der Waals surface area (Å²) in [5.74, 6) is -0.197. The maximum Gasteiger partial charge on any atom is 0.416 e. The molecule has 0 aliphatic carbocycles. The van der Waals surface area contributed by atoms with Gasteiger partial charge in [0.1, 0.15) is 5.75 Å². The number of ether oxygens (including phenoxy) is 2. The van der Waals surface area contributed by atoms with Crippen LogP contribution in [0.1, 0.15) is 15.9 Å². The summed E-state index contributed by atoms with van der Waals surface area (Å²) in [5.41, 5.74) is -0.218. The number of alkyl halides is 3. The van der Waals surface area contributed by atoms with Gasteiger partial charge in [-0.1, -0.05) is 0 Å². The van der Waals surface area contributed by atoms with Crippen LogP contribution in [0.25, 0.3) is 0 Å². The molecule has 0 spiro atoms. The molecule has 128 valence electrons. The third-order valence-electron chi connectivity index (χ3n) is 3.51. The van der Waals surface area contributed by atoms with Crippen molar-refractivity contribution in [3.63, 3.8) is 0 Å². The number of anilines is 2. The summed E-state index contributed by atoms with van der Waals surface area (Å²) in [7, 11) is 4.25. The summed E-state index contributed by atoms with van der Waals surface area (Å²) >= 11 is 0. The molecule has 2 rings (SSSR count). The number of carbonyl (C=O) groups excluding carboxylic acids is 1. The van der Waals surface area contributed by atoms with Crippen molar-refractivity contribution >= 4 is 17.3 Å². The molecule has 0 atom stereocenters. The Kier molecular flexibility index (Phi) is 5.02. The van der Waals surface area contributed by atoms with Crippen LogP contribution in [0.3, 0.4) is 0 Å². The van der Waals surface area contributed by atoms with Crippen LogP contribution in [0.4, 0.5) is 24.5 Å². The minimum atomic E-state index is -4.57. The monoisotopic (exact) mass is 339 g/mol. The van der Waals surface area contributed by atoms with Crippen molar-refractivity contribution < 1.29 is 27.4 Å². The largest absolute Gasteiger partial charge is 0.497 e. The van der Waals surface area contributed by atoms with E-state index in [9.17, 15) is 18.0 Å². The molecule has 0 aliphatic rings. The third-order valence-corrected chi connectivity index (χ3v) is 3.51. The van der Waals surface area contributed by atoms with Gasteiger partial charge in [0.05, 0.1) is 25.3 Å². The van der Waals surface area contributed by atoms with E-state index in [1.165, 1.54) is 13.2 Å². The van der Waals surface area contributed by atoms with E-state index in [-0.39, 0.29) is 11.3 Å². The van der Waals surface area contributed by atoms with E-state index in [0.717, 1.165) is 19.2 Å². The Morgan fingerprint density at radius 3 is 2.12 bits per heavy atom. The average molecular weight is 339 g/mol. The number of carbonyl (C=O) groups is 1. The van der Waals surface area contributed by atoms with Crippen LogP contribution in [0.15, 0.2) is 42.5 Å². The van der Waals surface area contributed by atoms with E-state index >= 15 is 0 Å². The molecule has 0 aromatic heterocycles. The van der Waals surface area contributed by atoms with E-state index < -0.39 is 17.7 Å². The average Bonchev–Trinajstić information content (AvgIpc) is 2.59. The van der Waals surface area contributed by atoms with Gasteiger partial charge in [0.2, 0.25) is 0 Å². The second-order valence-corrected chi connectivity index (χ2v) is 5.01. The molecule has 0 radical (unpaired) electrons. The van der Waals surface area contributed by atoms with Crippen LogP contribution in [0, 0.1) is 0 Å². The van der Waals surface area contributed by atoms with Crippen molar-refractivity contribution in [2.45, 2.75) is 6.18 Å². The maximum atomic E-state index is 13.1. The van der Waals surface area contributed by atoms with Crippen LogP contribution in [-0.4, -0.2) is 27.2 Å². The molecular weight excluding hydrogens is 323 g/mol. The van der Waals surface area contributed by atoms with Crippen LogP contribution in [-0.2, 0) is 10.9 Å². The summed E-state index contributed by atoms with van der Waals surface area (Å²) in [6.07, 6.45) is -4.57. The molecule has 0 aliphatic heterocycles. The lowest BCUT2D eigenvalue weighted by Gasteiger charge is -2.22. The van der Waals surface area contributed by atoms with Crippen molar-refractivity contribution in [2.24, 2.45) is 0 Å². The normalized spacial score (nSPS) is 11.1. The zero-order chi connectivity index (χ0) is 17.9. The molecule has 2 aromatic rings. The number of benzene rings is 2. The first-order valence-corrected chi connectivity index (χ1v) is 6.94. The molecule has 24 heavy (non-hydrogen) atoms. The second kappa shape index (κ2) is 6.82. The maximum absolute atomic E-state index is 13.1. The summed E-state index contributed by atoms with van der Waals surface area (Å²) in [4.78, 5) is 13.2. The molecule has 0 bridgehead atoms. The van der Waals surface area contributed by atoms with Crippen LogP contribution in [0.5, 0.6) is 5.75 Å². The highest BCUT2D eigenvalue weighted by Crippen LogP contribution is 2.35. The highest BCUT2D eigenvalue weighted by molar-refractivity contribution is 5.91. The predicted molar refractivity (Wildman–Crippen MR) is 83.8 cm³/mol. The molecule has 0 unspecified atom stereocenters. The van der Waals surface area contributed by atoms with Crippen LogP contribution in [0.2, 0.25) is 0 Å². The van der Waals surface area contributed by atoms with Crippen molar-refractivity contribution in [1.82, 2.24) is 0 Å². The highest BCUT2D eigenvalue weighted by atomic mass is 19.4. The lowest BCUT2D eigenvalue weighted by molar-refractivity contribution is -0.137. The van der Waals surface area contributed by atoms with Gasteiger partial charge in [0.25, 0.3) is 0 Å². The Morgan fingerprint density at radius 1 is 1.00 bits per heavy atom. The number of esters is 1. The topological polar surface area (TPSA) is 38.8 Å². The standard InChI is InChI=1S/C17H16F3NO3/c1-21(13-4-6-15(23-2)7-5-13)14-9-11(16(22)24-3)8-12(10-14)17(18,19)20/h4-10H,1-3H3. The molecule has 4 nitrogen and oxygen atoms in total. The smallest absolute Gasteiger partial charge is 0.416 e. The van der Waals surface area contributed by atoms with Gasteiger partial charge in [0.15, 0.2) is 0 Å². The SMILES string of the molecule is COC(=O)c1cc(N(C)c2ccc(OC)cc2)cc(C(F)(F)F)c1. The fourth-order valence-corrected chi connectivity index (χ4v) is 2.16. The lowest BCUT2D eigenvalue weighted by atomic mass is 10.1. The number of rotatable bonds is 4. The Balaban J connectivity index is 2.48. The van der Waals surface area contributed by atoms with Gasteiger partial charge in [-0.05, 0) is 42.5 Å². The van der Waals surface area contributed by atoms with Crippen LogP contribution >= 0.6 is 0 Å². The number of hydrogen-bond donors (Lipinski definition) is 0. The summed E-state index contributed by atoms with van der Waals surface area (Å²) in [5, 5.41) is 0. The van der Waals surface area contributed by atoms with E-state index in [4.69, 9.17) is 4.74 Å². The van der Waals surface area contributed by atoms with Gasteiger partial charge < -0.3 is 14.4 Å². The minimum absolute atomic E-state index is 0.164. The zero-order valence-electron chi connectivity index (χ0n) is 13.3. The molecule has 0 amide bonds.